The van der Waals surface area contributed by atoms with Crippen LogP contribution in [-0.2, 0) is 14.8 Å². The molecule has 1 heterocycles. The molecule has 0 saturated carbocycles. The number of carbonyl (C=O) groups excluding carboxylic acids is 1. The molecule has 1 unspecified atom stereocenters. The molecule has 3 aromatic carbocycles. The molecule has 0 fully saturated rings. The molecule has 1 amide bonds. The quantitative estimate of drug-likeness (QED) is 0.426. The third-order valence-corrected chi connectivity index (χ3v) is 7.23. The fraction of sp³-hybridized carbons (Fsp3) is 0.136. The van der Waals surface area contributed by atoms with Gasteiger partial charge in [-0.05, 0) is 49.4 Å². The van der Waals surface area contributed by atoms with Crippen molar-refractivity contribution in [1.82, 2.24) is 0 Å². The van der Waals surface area contributed by atoms with Gasteiger partial charge in [0.25, 0.3) is 21.6 Å². The standard InChI is InChI=1S/C22H18ClN3O6S/c1-14-17(5-4-7-18(14)26(28)29)24-22(27)21-13-25(19-6-2-3-8-20(19)32-21)33(30,31)16-11-9-15(23)10-12-16/h2-12,21H,13H2,1H3,(H,24,27). The molecule has 0 aliphatic carbocycles. The Hall–Kier alpha value is -3.63. The first kappa shape index (κ1) is 22.6. The minimum absolute atomic E-state index is 0.0114. The van der Waals surface area contributed by atoms with Gasteiger partial charge in [0.1, 0.15) is 5.75 Å². The van der Waals surface area contributed by atoms with Crippen LogP contribution >= 0.6 is 11.6 Å². The van der Waals surface area contributed by atoms with Crippen molar-refractivity contribution in [3.05, 3.63) is 87.4 Å². The van der Waals surface area contributed by atoms with Crippen molar-refractivity contribution >= 4 is 44.6 Å². The molecule has 1 aliphatic heterocycles. The number of hydrogen-bond acceptors (Lipinski definition) is 6. The Morgan fingerprint density at radius 1 is 1.12 bits per heavy atom. The Morgan fingerprint density at radius 2 is 1.82 bits per heavy atom. The summed E-state index contributed by atoms with van der Waals surface area (Å²) in [6.45, 7) is 1.23. The molecule has 1 atom stereocenters. The van der Waals surface area contributed by atoms with Crippen LogP contribution in [-0.4, -0.2) is 31.9 Å². The van der Waals surface area contributed by atoms with E-state index in [1.807, 2.05) is 0 Å². The van der Waals surface area contributed by atoms with Gasteiger partial charge < -0.3 is 10.1 Å². The maximum atomic E-state index is 13.4. The molecule has 1 aliphatic rings. The van der Waals surface area contributed by atoms with E-state index in [1.165, 1.54) is 49.4 Å². The molecule has 4 rings (SSSR count). The van der Waals surface area contributed by atoms with Gasteiger partial charge in [-0.25, -0.2) is 8.42 Å². The van der Waals surface area contributed by atoms with E-state index in [9.17, 15) is 23.3 Å². The van der Waals surface area contributed by atoms with E-state index >= 15 is 0 Å². The lowest BCUT2D eigenvalue weighted by Gasteiger charge is -2.34. The number of nitro benzene ring substituents is 1. The lowest BCUT2D eigenvalue weighted by atomic mass is 10.1. The van der Waals surface area contributed by atoms with Crippen molar-refractivity contribution in [2.24, 2.45) is 0 Å². The second-order valence-corrected chi connectivity index (χ2v) is 9.56. The number of sulfonamides is 1. The molecule has 0 saturated heterocycles. The maximum Gasteiger partial charge on any atom is 0.274 e. The third kappa shape index (κ3) is 4.35. The average Bonchev–Trinajstić information content (AvgIpc) is 2.79. The number of para-hydroxylation sites is 2. The van der Waals surface area contributed by atoms with Crippen molar-refractivity contribution < 1.29 is 22.9 Å². The first-order valence-corrected chi connectivity index (χ1v) is 11.6. The van der Waals surface area contributed by atoms with Crippen LogP contribution in [0.15, 0.2) is 71.6 Å². The van der Waals surface area contributed by atoms with Crippen LogP contribution in [0.25, 0.3) is 0 Å². The van der Waals surface area contributed by atoms with Crippen molar-refractivity contribution in [3.63, 3.8) is 0 Å². The number of nitro groups is 1. The topological polar surface area (TPSA) is 119 Å². The number of fused-ring (bicyclic) bond motifs is 1. The summed E-state index contributed by atoms with van der Waals surface area (Å²) < 4.78 is 33.7. The van der Waals surface area contributed by atoms with Gasteiger partial charge in [-0.3, -0.25) is 19.2 Å². The number of nitrogens with zero attached hydrogens (tertiary/aromatic N) is 2. The van der Waals surface area contributed by atoms with Gasteiger partial charge in [0.05, 0.1) is 33.3 Å². The van der Waals surface area contributed by atoms with E-state index in [0.29, 0.717) is 10.7 Å². The van der Waals surface area contributed by atoms with Crippen LogP contribution < -0.4 is 14.4 Å². The fourth-order valence-electron chi connectivity index (χ4n) is 3.47. The van der Waals surface area contributed by atoms with Crippen LogP contribution in [0.4, 0.5) is 17.1 Å². The fourth-order valence-corrected chi connectivity index (χ4v) is 5.07. The number of amides is 1. The molecule has 3 aromatic rings. The lowest BCUT2D eigenvalue weighted by Crippen LogP contribution is -2.48. The second-order valence-electron chi connectivity index (χ2n) is 7.26. The predicted molar refractivity (Wildman–Crippen MR) is 123 cm³/mol. The van der Waals surface area contributed by atoms with Gasteiger partial charge in [-0.15, -0.1) is 0 Å². The Labute approximate surface area is 194 Å². The number of nitrogens with one attached hydrogen (secondary N) is 1. The molecule has 11 heteroatoms. The van der Waals surface area contributed by atoms with Crippen molar-refractivity contribution in [1.29, 1.82) is 0 Å². The number of carbonyl (C=O) groups is 1. The first-order chi connectivity index (χ1) is 15.7. The van der Waals surface area contributed by atoms with Crippen molar-refractivity contribution in [3.8, 4) is 5.75 Å². The van der Waals surface area contributed by atoms with Gasteiger partial charge in [0, 0.05) is 11.1 Å². The van der Waals surface area contributed by atoms with Crippen LogP contribution in [0, 0.1) is 17.0 Å². The molecule has 0 aromatic heterocycles. The number of ether oxygens (including phenoxy) is 1. The number of halogens is 1. The number of anilines is 2. The molecular formula is C22H18ClN3O6S. The van der Waals surface area contributed by atoms with Crippen LogP contribution in [0.3, 0.4) is 0 Å². The van der Waals surface area contributed by atoms with Gasteiger partial charge in [-0.1, -0.05) is 29.8 Å². The highest BCUT2D eigenvalue weighted by molar-refractivity contribution is 7.92. The number of hydrogen-bond donors (Lipinski definition) is 1. The van der Waals surface area contributed by atoms with Gasteiger partial charge in [-0.2, -0.15) is 0 Å². The Balaban J connectivity index is 1.67. The summed E-state index contributed by atoms with van der Waals surface area (Å²) >= 11 is 5.89. The van der Waals surface area contributed by atoms with Crippen LogP contribution in [0.2, 0.25) is 5.02 Å². The van der Waals surface area contributed by atoms with Crippen molar-refractivity contribution in [2.45, 2.75) is 17.9 Å². The number of benzene rings is 3. The normalized spacial score (nSPS) is 15.3. The Kier molecular flexibility index (Phi) is 5.96. The molecule has 0 radical (unpaired) electrons. The van der Waals surface area contributed by atoms with Crippen LogP contribution in [0.5, 0.6) is 5.75 Å². The van der Waals surface area contributed by atoms with E-state index in [1.54, 1.807) is 24.3 Å². The zero-order chi connectivity index (χ0) is 23.8. The summed E-state index contributed by atoms with van der Waals surface area (Å²) in [4.78, 5) is 23.7. The Bertz CT molecular complexity index is 1340. The summed E-state index contributed by atoms with van der Waals surface area (Å²) in [7, 11) is -4.03. The monoisotopic (exact) mass is 487 g/mol. The van der Waals surface area contributed by atoms with E-state index in [-0.39, 0.29) is 34.1 Å². The van der Waals surface area contributed by atoms with Gasteiger partial charge >= 0.3 is 0 Å². The summed E-state index contributed by atoms with van der Waals surface area (Å²) in [5.74, 6) is -0.415. The van der Waals surface area contributed by atoms with E-state index in [2.05, 4.69) is 5.32 Å². The smallest absolute Gasteiger partial charge is 0.274 e. The van der Waals surface area contributed by atoms with Crippen LogP contribution in [0.1, 0.15) is 5.56 Å². The molecule has 1 N–H and O–H groups in total. The summed E-state index contributed by atoms with van der Waals surface area (Å²) in [5.41, 5.74) is 0.666. The molecule has 0 spiro atoms. The summed E-state index contributed by atoms with van der Waals surface area (Å²) in [5, 5.41) is 14.2. The average molecular weight is 488 g/mol. The minimum atomic E-state index is -4.03. The van der Waals surface area contributed by atoms with E-state index < -0.39 is 27.0 Å². The van der Waals surface area contributed by atoms with Gasteiger partial charge in [0.15, 0.2) is 6.10 Å². The molecule has 33 heavy (non-hydrogen) atoms. The Morgan fingerprint density at radius 3 is 2.52 bits per heavy atom. The van der Waals surface area contributed by atoms with E-state index in [4.69, 9.17) is 16.3 Å². The highest BCUT2D eigenvalue weighted by Gasteiger charge is 2.37. The highest BCUT2D eigenvalue weighted by Crippen LogP contribution is 2.37. The van der Waals surface area contributed by atoms with Gasteiger partial charge in [0.2, 0.25) is 0 Å². The lowest BCUT2D eigenvalue weighted by molar-refractivity contribution is -0.385. The SMILES string of the molecule is Cc1c(NC(=O)C2CN(S(=O)(=O)c3ccc(Cl)cc3)c3ccccc3O2)cccc1[N+](=O)[O-]. The third-order valence-electron chi connectivity index (χ3n) is 5.19. The summed E-state index contributed by atoms with van der Waals surface area (Å²) in [6, 6.07) is 16.5. The zero-order valence-corrected chi connectivity index (χ0v) is 18.8. The maximum absolute atomic E-state index is 13.4. The molecule has 170 valence electrons. The predicted octanol–water partition coefficient (Wildman–Crippen LogP) is 4.15. The number of rotatable bonds is 5. The second kappa shape index (κ2) is 8.72. The first-order valence-electron chi connectivity index (χ1n) is 9.77. The van der Waals surface area contributed by atoms with E-state index in [0.717, 1.165) is 4.31 Å². The summed E-state index contributed by atoms with van der Waals surface area (Å²) in [6.07, 6.45) is -1.19. The minimum Gasteiger partial charge on any atom is -0.476 e. The molecular weight excluding hydrogens is 470 g/mol. The zero-order valence-electron chi connectivity index (χ0n) is 17.3. The van der Waals surface area contributed by atoms with Crippen molar-refractivity contribution in [2.75, 3.05) is 16.2 Å². The molecule has 0 bridgehead atoms. The largest absolute Gasteiger partial charge is 0.476 e. The molecule has 9 nitrogen and oxygen atoms in total. The highest BCUT2D eigenvalue weighted by atomic mass is 35.5.